The Morgan fingerprint density at radius 2 is 0.491 bits per heavy atom. The summed E-state index contributed by atoms with van der Waals surface area (Å²) in [7, 11) is 0. The molecule has 0 bridgehead atoms. The maximum absolute atomic E-state index is 6.02. The van der Waals surface area contributed by atoms with Gasteiger partial charge in [0.1, 0.15) is 0 Å². The van der Waals surface area contributed by atoms with Crippen molar-refractivity contribution in [3.05, 3.63) is 0 Å². The van der Waals surface area contributed by atoms with Gasteiger partial charge in [0.15, 0.2) is 18.9 Å². The van der Waals surface area contributed by atoms with Crippen LogP contribution < -0.4 is 0 Å². The molecule has 0 N–H and O–H groups in total. The Balaban J connectivity index is 4.51. The molecule has 3 unspecified atom stereocenters. The van der Waals surface area contributed by atoms with Crippen LogP contribution in [0.2, 0.25) is 0 Å². The normalized spacial score (nSPS) is 13.7. The minimum atomic E-state index is -0.113. The van der Waals surface area contributed by atoms with Crippen LogP contribution in [0.15, 0.2) is 0 Å². The van der Waals surface area contributed by atoms with Crippen LogP contribution >= 0.6 is 0 Å². The lowest BCUT2D eigenvalue weighted by Crippen LogP contribution is -2.37. The van der Waals surface area contributed by atoms with Gasteiger partial charge in [-0.15, -0.1) is 0 Å². The van der Waals surface area contributed by atoms with Crippen molar-refractivity contribution < 1.29 is 28.4 Å². The first-order chi connectivity index (χ1) is 27.0. The molecule has 0 amide bonds. The van der Waals surface area contributed by atoms with E-state index in [1.165, 1.54) is 103 Å². The van der Waals surface area contributed by atoms with E-state index in [4.69, 9.17) is 28.4 Å². The van der Waals surface area contributed by atoms with Crippen LogP contribution in [0.3, 0.4) is 0 Å². The monoisotopic (exact) mass is 787 g/mol. The first-order valence-corrected chi connectivity index (χ1v) is 24.1. The number of rotatable bonds is 47. The van der Waals surface area contributed by atoms with Crippen LogP contribution in [0.5, 0.6) is 0 Å². The first kappa shape index (κ1) is 54.7. The van der Waals surface area contributed by atoms with Gasteiger partial charge in [0.25, 0.3) is 0 Å². The topological polar surface area (TPSA) is 61.9 Å². The molecule has 0 saturated carbocycles. The highest BCUT2D eigenvalue weighted by atomic mass is 16.7. The second kappa shape index (κ2) is 44.8. The number of hydrogen-bond donors (Lipinski definition) is 0. The molecule has 332 valence electrons. The molecule has 0 rings (SSSR count). The number of hydrogen-bond acceptors (Lipinski definition) is 8. The summed E-state index contributed by atoms with van der Waals surface area (Å²) in [5, 5.41) is 0. The quantitative estimate of drug-likeness (QED) is 0.0446. The van der Waals surface area contributed by atoms with Gasteiger partial charge >= 0.3 is 0 Å². The van der Waals surface area contributed by atoms with Gasteiger partial charge in [0.2, 0.25) is 0 Å². The summed E-state index contributed by atoms with van der Waals surface area (Å²) in [5.41, 5.74) is 0. The van der Waals surface area contributed by atoms with Gasteiger partial charge in [0.05, 0.1) is 0 Å². The Hall–Kier alpha value is -0.320. The zero-order chi connectivity index (χ0) is 40.3. The second-order valence-electron chi connectivity index (χ2n) is 16.0. The Morgan fingerprint density at radius 3 is 0.764 bits per heavy atom. The fraction of sp³-hybridized carbons (Fsp3) is 1.00. The summed E-state index contributed by atoms with van der Waals surface area (Å²) in [4.78, 5) is 5.33. The average molecular weight is 787 g/mol. The molecule has 0 aromatic heterocycles. The summed E-state index contributed by atoms with van der Waals surface area (Å²) in [6.07, 6.45) is 30.7. The molecule has 0 aliphatic carbocycles. The summed E-state index contributed by atoms with van der Waals surface area (Å²) >= 11 is 0. The first-order valence-electron chi connectivity index (χ1n) is 24.1. The van der Waals surface area contributed by atoms with E-state index in [0.717, 1.165) is 137 Å². The van der Waals surface area contributed by atoms with Gasteiger partial charge in [-0.05, 0) is 111 Å². The van der Waals surface area contributed by atoms with Crippen LogP contribution in [0.1, 0.15) is 209 Å². The molecule has 0 spiro atoms. The lowest BCUT2D eigenvalue weighted by Gasteiger charge is -2.28. The van der Waals surface area contributed by atoms with Crippen molar-refractivity contribution >= 4 is 0 Å². The Morgan fingerprint density at radius 1 is 0.255 bits per heavy atom. The maximum atomic E-state index is 6.02. The van der Waals surface area contributed by atoms with Crippen LogP contribution in [0.4, 0.5) is 0 Å². The van der Waals surface area contributed by atoms with Crippen LogP contribution in [-0.4, -0.2) is 108 Å². The van der Waals surface area contributed by atoms with Crippen molar-refractivity contribution in [3.8, 4) is 0 Å². The maximum Gasteiger partial charge on any atom is 0.154 e. The molecule has 55 heavy (non-hydrogen) atoms. The highest BCUT2D eigenvalue weighted by Crippen LogP contribution is 2.10. The molecule has 0 heterocycles. The predicted molar refractivity (Wildman–Crippen MR) is 235 cm³/mol. The Bertz CT molecular complexity index is 685. The number of ether oxygens (including phenoxy) is 6. The second-order valence-corrected chi connectivity index (χ2v) is 16.0. The minimum absolute atomic E-state index is 0.103. The third-order valence-corrected chi connectivity index (χ3v) is 10.5. The molecule has 3 atom stereocenters. The largest absolute Gasteiger partial charge is 0.353 e. The van der Waals surface area contributed by atoms with Crippen molar-refractivity contribution in [2.24, 2.45) is 0 Å². The van der Waals surface area contributed by atoms with E-state index in [1.54, 1.807) is 0 Å². The van der Waals surface area contributed by atoms with Gasteiger partial charge < -0.3 is 38.2 Å². The van der Waals surface area contributed by atoms with Gasteiger partial charge in [0, 0.05) is 52.7 Å². The van der Waals surface area contributed by atoms with E-state index in [2.05, 4.69) is 37.5 Å². The third-order valence-electron chi connectivity index (χ3n) is 10.5. The van der Waals surface area contributed by atoms with Gasteiger partial charge in [-0.3, -0.25) is 0 Å². The smallest absolute Gasteiger partial charge is 0.154 e. The van der Waals surface area contributed by atoms with Gasteiger partial charge in [-0.1, -0.05) is 124 Å². The molecule has 8 nitrogen and oxygen atoms in total. The zero-order valence-corrected chi connectivity index (χ0v) is 38.2. The minimum Gasteiger partial charge on any atom is -0.353 e. The Kier molecular flexibility index (Phi) is 44.5. The highest BCUT2D eigenvalue weighted by molar-refractivity contribution is 4.65. The molecule has 0 aliphatic rings. The van der Waals surface area contributed by atoms with E-state index in [-0.39, 0.29) is 18.9 Å². The molecule has 0 radical (unpaired) electrons. The van der Waals surface area contributed by atoms with Crippen LogP contribution in [0.25, 0.3) is 0 Å². The van der Waals surface area contributed by atoms with Crippen molar-refractivity contribution in [2.45, 2.75) is 228 Å². The van der Waals surface area contributed by atoms with E-state index >= 15 is 0 Å². The molecular weight excluding hydrogens is 689 g/mol. The molecule has 0 aromatic rings. The fourth-order valence-corrected chi connectivity index (χ4v) is 6.87. The molecule has 0 aromatic carbocycles. The van der Waals surface area contributed by atoms with Gasteiger partial charge in [-0.2, -0.15) is 0 Å². The molecule has 0 aliphatic heterocycles. The van der Waals surface area contributed by atoms with Crippen molar-refractivity contribution in [2.75, 3.05) is 78.9 Å². The van der Waals surface area contributed by atoms with Crippen LogP contribution in [-0.2, 0) is 28.4 Å². The SMILES string of the molecule is CCCCCCCCOC(C)OCCCCN(CCC)CCN(CCCCOC(C)OCCCCCCCC)CCCCOC(C)OCCCCCCCC. The van der Waals surface area contributed by atoms with E-state index in [1.807, 2.05) is 20.8 Å². The van der Waals surface area contributed by atoms with E-state index in [0.29, 0.717) is 0 Å². The van der Waals surface area contributed by atoms with Crippen molar-refractivity contribution in [3.63, 3.8) is 0 Å². The predicted octanol–water partition coefficient (Wildman–Crippen LogP) is 12.6. The lowest BCUT2D eigenvalue weighted by atomic mass is 10.1. The third kappa shape index (κ3) is 41.6. The summed E-state index contributed by atoms with van der Waals surface area (Å²) in [6, 6.07) is 0. The number of unbranched alkanes of at least 4 members (excludes halogenated alkanes) is 18. The van der Waals surface area contributed by atoms with E-state index < -0.39 is 0 Å². The lowest BCUT2D eigenvalue weighted by molar-refractivity contribution is -0.132. The molecule has 0 saturated heterocycles. The highest BCUT2D eigenvalue weighted by Gasteiger charge is 2.11. The van der Waals surface area contributed by atoms with Crippen LogP contribution in [0, 0.1) is 0 Å². The van der Waals surface area contributed by atoms with Crippen molar-refractivity contribution in [1.29, 1.82) is 0 Å². The van der Waals surface area contributed by atoms with Crippen molar-refractivity contribution in [1.82, 2.24) is 9.80 Å². The average Bonchev–Trinajstić information content (AvgIpc) is 3.18. The zero-order valence-electron chi connectivity index (χ0n) is 38.2. The molecule has 8 heteroatoms. The molecular formula is C47H98N2O6. The van der Waals surface area contributed by atoms with E-state index in [9.17, 15) is 0 Å². The fourth-order valence-electron chi connectivity index (χ4n) is 6.87. The summed E-state index contributed by atoms with van der Waals surface area (Å²) in [5.74, 6) is 0. The standard InChI is InChI=1S/C47H98N2O6/c1-8-12-15-18-21-27-39-50-45(5)53-42-30-24-34-48(33-11-4)37-38-49(35-25-31-43-54-46(6)51-40-28-22-19-16-13-9-2)36-26-32-44-55-47(7)52-41-29-23-20-17-14-10-3/h45-47H,8-44H2,1-7H3. The number of nitrogens with zero attached hydrogens (tertiary/aromatic N) is 2. The molecule has 0 fully saturated rings. The van der Waals surface area contributed by atoms with Gasteiger partial charge in [-0.25, -0.2) is 0 Å². The summed E-state index contributed by atoms with van der Waals surface area (Å²) < 4.78 is 35.8. The summed E-state index contributed by atoms with van der Waals surface area (Å²) in [6.45, 7) is 26.7. The Labute approximate surface area is 344 Å².